The van der Waals surface area contributed by atoms with Gasteiger partial charge in [0.1, 0.15) is 12.2 Å². The highest BCUT2D eigenvalue weighted by atomic mass is 19.3. The van der Waals surface area contributed by atoms with E-state index in [1.807, 2.05) is 0 Å². The van der Waals surface area contributed by atoms with Gasteiger partial charge in [0.2, 0.25) is 0 Å². The Balaban J connectivity index is 2.79. The summed E-state index contributed by atoms with van der Waals surface area (Å²) < 4.78 is 24.3. The predicted octanol–water partition coefficient (Wildman–Crippen LogP) is 1.01. The second-order valence-electron chi connectivity index (χ2n) is 3.16. The molecule has 0 saturated heterocycles. The monoisotopic (exact) mass is 218 g/mol. The molecule has 1 aromatic carbocycles. The summed E-state index contributed by atoms with van der Waals surface area (Å²) in [5, 5.41) is 27.1. The first-order chi connectivity index (χ1) is 7.06. The van der Waals surface area contributed by atoms with Crippen molar-refractivity contribution in [2.75, 3.05) is 6.61 Å². The number of aliphatic hydroxyl groups is 3. The minimum atomic E-state index is -2.56. The lowest BCUT2D eigenvalue weighted by atomic mass is 10.0. The van der Waals surface area contributed by atoms with Crippen LogP contribution in [0.15, 0.2) is 24.3 Å². The normalized spacial score (nSPS) is 15.3. The summed E-state index contributed by atoms with van der Waals surface area (Å²) in [6.45, 7) is -0.586. The SMILES string of the molecule is OCC(O)C(O)c1ccc(C(F)F)cc1. The molecule has 15 heavy (non-hydrogen) atoms. The van der Waals surface area contributed by atoms with Gasteiger partial charge in [0, 0.05) is 5.56 Å². The highest BCUT2D eigenvalue weighted by Gasteiger charge is 2.17. The Hall–Kier alpha value is -1.04. The highest BCUT2D eigenvalue weighted by molar-refractivity contribution is 5.25. The number of hydrogen-bond acceptors (Lipinski definition) is 3. The summed E-state index contributed by atoms with van der Waals surface area (Å²) in [4.78, 5) is 0. The van der Waals surface area contributed by atoms with Crippen molar-refractivity contribution in [2.45, 2.75) is 18.6 Å². The fourth-order valence-electron chi connectivity index (χ4n) is 1.16. The van der Waals surface area contributed by atoms with E-state index in [9.17, 15) is 13.9 Å². The summed E-state index contributed by atoms with van der Waals surface area (Å²) in [5.41, 5.74) is 0.144. The second kappa shape index (κ2) is 5.16. The Morgan fingerprint density at radius 2 is 1.47 bits per heavy atom. The van der Waals surface area contributed by atoms with Crippen LogP contribution in [0.5, 0.6) is 0 Å². The van der Waals surface area contributed by atoms with Crippen LogP contribution in [0.3, 0.4) is 0 Å². The van der Waals surface area contributed by atoms with Crippen LogP contribution in [-0.4, -0.2) is 28.0 Å². The van der Waals surface area contributed by atoms with Crippen LogP contribution in [-0.2, 0) is 0 Å². The molecule has 0 fully saturated rings. The smallest absolute Gasteiger partial charge is 0.263 e. The van der Waals surface area contributed by atoms with Crippen LogP contribution in [0.25, 0.3) is 0 Å². The van der Waals surface area contributed by atoms with Crippen molar-refractivity contribution in [3.05, 3.63) is 35.4 Å². The molecular weight excluding hydrogens is 206 g/mol. The topological polar surface area (TPSA) is 60.7 Å². The first-order valence-corrected chi connectivity index (χ1v) is 4.41. The van der Waals surface area contributed by atoms with E-state index in [0.29, 0.717) is 5.56 Å². The van der Waals surface area contributed by atoms with Crippen molar-refractivity contribution in [2.24, 2.45) is 0 Å². The summed E-state index contributed by atoms with van der Waals surface area (Å²) in [7, 11) is 0. The van der Waals surface area contributed by atoms with E-state index in [2.05, 4.69) is 0 Å². The molecule has 0 spiro atoms. The van der Waals surface area contributed by atoms with Gasteiger partial charge < -0.3 is 15.3 Å². The van der Waals surface area contributed by atoms with Crippen molar-refractivity contribution in [1.29, 1.82) is 0 Å². The molecule has 0 heterocycles. The van der Waals surface area contributed by atoms with Gasteiger partial charge in [-0.2, -0.15) is 0 Å². The zero-order valence-electron chi connectivity index (χ0n) is 7.85. The van der Waals surface area contributed by atoms with Crippen molar-refractivity contribution in [3.63, 3.8) is 0 Å². The van der Waals surface area contributed by atoms with Gasteiger partial charge in [0.15, 0.2) is 0 Å². The zero-order valence-corrected chi connectivity index (χ0v) is 7.85. The van der Waals surface area contributed by atoms with Gasteiger partial charge in [-0.15, -0.1) is 0 Å². The van der Waals surface area contributed by atoms with Gasteiger partial charge in [0.25, 0.3) is 6.43 Å². The summed E-state index contributed by atoms with van der Waals surface area (Å²) in [5.74, 6) is 0. The fraction of sp³-hybridized carbons (Fsp3) is 0.400. The first-order valence-electron chi connectivity index (χ1n) is 4.41. The number of rotatable bonds is 4. The summed E-state index contributed by atoms with van der Waals surface area (Å²) >= 11 is 0. The fourth-order valence-corrected chi connectivity index (χ4v) is 1.16. The van der Waals surface area contributed by atoms with E-state index in [-0.39, 0.29) is 5.56 Å². The average molecular weight is 218 g/mol. The van der Waals surface area contributed by atoms with Crippen molar-refractivity contribution in [3.8, 4) is 0 Å². The van der Waals surface area contributed by atoms with Crippen LogP contribution >= 0.6 is 0 Å². The van der Waals surface area contributed by atoms with Gasteiger partial charge in [-0.1, -0.05) is 24.3 Å². The number of alkyl halides is 2. The van der Waals surface area contributed by atoms with Gasteiger partial charge in [-0.25, -0.2) is 8.78 Å². The molecule has 1 rings (SSSR count). The maximum Gasteiger partial charge on any atom is 0.263 e. The maximum atomic E-state index is 12.2. The molecule has 0 saturated carbocycles. The van der Waals surface area contributed by atoms with Crippen LogP contribution in [0.1, 0.15) is 23.7 Å². The molecule has 84 valence electrons. The Morgan fingerprint density at radius 3 is 1.87 bits per heavy atom. The average Bonchev–Trinajstić information content (AvgIpc) is 2.27. The van der Waals surface area contributed by atoms with Gasteiger partial charge in [-0.05, 0) is 5.56 Å². The third-order valence-electron chi connectivity index (χ3n) is 2.08. The van der Waals surface area contributed by atoms with Gasteiger partial charge in [0.05, 0.1) is 6.61 Å². The molecule has 3 N–H and O–H groups in total. The van der Waals surface area contributed by atoms with Crippen LogP contribution < -0.4 is 0 Å². The van der Waals surface area contributed by atoms with Gasteiger partial charge in [-0.3, -0.25) is 0 Å². The number of aliphatic hydroxyl groups excluding tert-OH is 3. The Morgan fingerprint density at radius 1 is 1.00 bits per heavy atom. The zero-order chi connectivity index (χ0) is 11.4. The van der Waals surface area contributed by atoms with E-state index in [0.717, 1.165) is 0 Å². The molecule has 3 nitrogen and oxygen atoms in total. The lowest BCUT2D eigenvalue weighted by molar-refractivity contribution is -0.0152. The van der Waals surface area contributed by atoms with Crippen LogP contribution in [0.4, 0.5) is 8.78 Å². The van der Waals surface area contributed by atoms with E-state index in [1.54, 1.807) is 0 Å². The standard InChI is InChI=1S/C10H12F2O3/c11-10(12)7-3-1-6(2-4-7)9(15)8(14)5-13/h1-4,8-10,13-15H,5H2. The molecule has 0 aliphatic heterocycles. The molecule has 0 aliphatic rings. The molecule has 0 radical (unpaired) electrons. The van der Waals surface area contributed by atoms with E-state index < -0.39 is 25.2 Å². The lowest BCUT2D eigenvalue weighted by Gasteiger charge is -2.15. The molecule has 5 heteroatoms. The molecule has 1 aromatic rings. The number of halogens is 2. The van der Waals surface area contributed by atoms with Crippen LogP contribution in [0, 0.1) is 0 Å². The van der Waals surface area contributed by atoms with Crippen molar-refractivity contribution < 1.29 is 24.1 Å². The molecule has 0 amide bonds. The Kier molecular flexibility index (Phi) is 4.14. The lowest BCUT2D eigenvalue weighted by Crippen LogP contribution is -2.21. The molecule has 2 atom stereocenters. The summed E-state index contributed by atoms with van der Waals surface area (Å²) in [6.07, 6.45) is -5.12. The van der Waals surface area contributed by atoms with Gasteiger partial charge >= 0.3 is 0 Å². The third-order valence-corrected chi connectivity index (χ3v) is 2.08. The largest absolute Gasteiger partial charge is 0.394 e. The maximum absolute atomic E-state index is 12.2. The molecule has 2 unspecified atom stereocenters. The Labute approximate surface area is 85.6 Å². The quantitative estimate of drug-likeness (QED) is 0.706. The molecular formula is C10H12F2O3. The minimum absolute atomic E-state index is 0.149. The highest BCUT2D eigenvalue weighted by Crippen LogP contribution is 2.22. The number of hydrogen-bond donors (Lipinski definition) is 3. The van der Waals surface area contributed by atoms with Crippen molar-refractivity contribution in [1.82, 2.24) is 0 Å². The van der Waals surface area contributed by atoms with E-state index in [1.165, 1.54) is 24.3 Å². The second-order valence-corrected chi connectivity index (χ2v) is 3.16. The molecule has 0 aromatic heterocycles. The Bertz CT molecular complexity index is 300. The molecule has 0 bridgehead atoms. The predicted molar refractivity (Wildman–Crippen MR) is 49.5 cm³/mol. The first kappa shape index (κ1) is 12.0. The minimum Gasteiger partial charge on any atom is -0.394 e. The van der Waals surface area contributed by atoms with E-state index >= 15 is 0 Å². The van der Waals surface area contributed by atoms with Crippen LogP contribution in [0.2, 0.25) is 0 Å². The third kappa shape index (κ3) is 2.95. The number of benzene rings is 1. The van der Waals surface area contributed by atoms with Crippen molar-refractivity contribution >= 4 is 0 Å². The molecule has 0 aliphatic carbocycles. The summed E-state index contributed by atoms with van der Waals surface area (Å²) in [6, 6.07) is 4.94. The van der Waals surface area contributed by atoms with E-state index in [4.69, 9.17) is 10.2 Å².